The minimum atomic E-state index is -2.42. The summed E-state index contributed by atoms with van der Waals surface area (Å²) < 4.78 is 23.0. The maximum absolute atomic E-state index is 12.2. The predicted molar refractivity (Wildman–Crippen MR) is 71.4 cm³/mol. The van der Waals surface area contributed by atoms with Crippen molar-refractivity contribution in [2.24, 2.45) is 0 Å². The molecule has 0 aromatic carbocycles. The van der Waals surface area contributed by atoms with Crippen LogP contribution in [0, 0.1) is 0 Å². The molecule has 1 aliphatic heterocycles. The average Bonchev–Trinajstić information content (AvgIpc) is 2.34. The summed E-state index contributed by atoms with van der Waals surface area (Å²) in [6, 6.07) is 1.63. The number of nitrogens with zero attached hydrogens (tertiary/aromatic N) is 2. The van der Waals surface area contributed by atoms with E-state index in [0.29, 0.717) is 18.7 Å². The molecule has 0 unspecified atom stereocenters. The first-order chi connectivity index (χ1) is 9.71. The van der Waals surface area contributed by atoms with Crippen molar-refractivity contribution >= 4 is 27.7 Å². The number of rotatable bonds is 1. The van der Waals surface area contributed by atoms with Gasteiger partial charge in [-0.1, -0.05) is 0 Å². The number of amides is 1. The van der Waals surface area contributed by atoms with Gasteiger partial charge in [0.1, 0.15) is 5.82 Å². The second-order valence-electron chi connectivity index (χ2n) is 4.99. The van der Waals surface area contributed by atoms with Crippen molar-refractivity contribution in [1.29, 1.82) is 0 Å². The third kappa shape index (κ3) is 1.95. The van der Waals surface area contributed by atoms with Gasteiger partial charge in [0.05, 0.1) is 5.60 Å². The second-order valence-corrected chi connectivity index (χ2v) is 5.91. The average molecular weight is 314 g/mol. The number of hydrogen-bond donors (Lipinski definition) is 1. The highest BCUT2D eigenvalue weighted by molar-refractivity contribution is 9.10. The van der Waals surface area contributed by atoms with E-state index in [1.54, 1.807) is 11.1 Å². The summed E-state index contributed by atoms with van der Waals surface area (Å²) >= 11 is 3.36. The lowest BCUT2D eigenvalue weighted by Gasteiger charge is -2.47. The number of anilines is 1. The molecule has 3 rings (SSSR count). The molecule has 96 valence electrons. The lowest BCUT2D eigenvalue weighted by Crippen LogP contribution is -2.57. The molecule has 1 aliphatic carbocycles. The van der Waals surface area contributed by atoms with Gasteiger partial charge in [-0.3, -0.25) is 9.69 Å². The number of fused-ring (bicyclic) bond motifs is 1. The molecule has 18 heavy (non-hydrogen) atoms. The van der Waals surface area contributed by atoms with Gasteiger partial charge in [0.2, 0.25) is 5.91 Å². The summed E-state index contributed by atoms with van der Waals surface area (Å²) in [7, 11) is 0. The van der Waals surface area contributed by atoms with Gasteiger partial charge >= 0.3 is 0 Å². The highest BCUT2D eigenvalue weighted by Gasteiger charge is 2.45. The lowest BCUT2D eigenvalue weighted by molar-refractivity contribution is -0.121. The molecule has 1 aromatic rings. The number of aromatic nitrogens is 1. The quantitative estimate of drug-likeness (QED) is 0.863. The van der Waals surface area contributed by atoms with E-state index in [1.807, 2.05) is 6.07 Å². The Morgan fingerprint density at radius 2 is 2.39 bits per heavy atom. The van der Waals surface area contributed by atoms with Crippen LogP contribution in [0.4, 0.5) is 5.82 Å². The topological polar surface area (TPSA) is 53.4 Å². The first-order valence-corrected chi connectivity index (χ1v) is 6.69. The molecule has 0 saturated heterocycles. The highest BCUT2D eigenvalue weighted by atomic mass is 79.9. The smallest absolute Gasteiger partial charge is 0.228 e. The van der Waals surface area contributed by atoms with Crippen LogP contribution in [0.25, 0.3) is 0 Å². The summed E-state index contributed by atoms with van der Waals surface area (Å²) in [4.78, 5) is 18.0. The van der Waals surface area contributed by atoms with Crippen molar-refractivity contribution < 1.29 is 14.0 Å². The lowest BCUT2D eigenvalue weighted by atomic mass is 9.75. The zero-order valence-electron chi connectivity index (χ0n) is 12.7. The fourth-order valence-corrected chi connectivity index (χ4v) is 3.01. The monoisotopic (exact) mass is 313 g/mol. The van der Waals surface area contributed by atoms with Crippen LogP contribution in [-0.2, 0) is 11.2 Å². The Bertz CT molecular complexity index is 600. The summed E-state index contributed by atoms with van der Waals surface area (Å²) in [5.41, 5.74) is -0.724. The van der Waals surface area contributed by atoms with Crippen LogP contribution in [0.5, 0.6) is 0 Å². The van der Waals surface area contributed by atoms with Crippen LogP contribution in [0.2, 0.25) is 0 Å². The molecule has 0 bridgehead atoms. The molecule has 2 heterocycles. The van der Waals surface area contributed by atoms with E-state index in [0.717, 1.165) is 10.0 Å². The molecule has 5 heteroatoms. The summed E-state index contributed by atoms with van der Waals surface area (Å²) in [5, 5.41) is 10.1. The molecule has 4 nitrogen and oxygen atoms in total. The molecule has 1 saturated carbocycles. The van der Waals surface area contributed by atoms with E-state index in [4.69, 9.17) is 4.11 Å². The Labute approximate surface area is 118 Å². The number of carbonyl (C=O) groups excluding carboxylic acids is 1. The molecule has 1 N–H and O–H groups in total. The third-order valence-electron chi connectivity index (χ3n) is 3.53. The summed E-state index contributed by atoms with van der Waals surface area (Å²) in [6.45, 7) is -2.42. The fraction of sp³-hybridized carbons (Fsp3) is 0.538. The van der Waals surface area contributed by atoms with Gasteiger partial charge in [-0.2, -0.15) is 0 Å². The SMILES string of the molecule is [2H]C([2H])([2H])C1(O)CC(N2C(=O)CCc3cc(Br)cnc32)C1. The standard InChI is InChI=1S/C13H15BrN2O2/c1-13(18)5-10(6-13)16-11(17)3-2-8-4-9(14)7-15-12(8)16/h4,7,10,18H,2-3,5-6H2,1H3/i1D3. The van der Waals surface area contributed by atoms with Crippen molar-refractivity contribution in [3.63, 3.8) is 0 Å². The van der Waals surface area contributed by atoms with Crippen molar-refractivity contribution in [2.45, 2.75) is 44.2 Å². The molecule has 1 aromatic heterocycles. The minimum Gasteiger partial charge on any atom is -0.390 e. The Morgan fingerprint density at radius 1 is 1.61 bits per heavy atom. The molecular formula is C13H15BrN2O2. The maximum Gasteiger partial charge on any atom is 0.228 e. The number of halogens is 1. The Morgan fingerprint density at radius 3 is 3.11 bits per heavy atom. The van der Waals surface area contributed by atoms with Crippen LogP contribution in [-0.4, -0.2) is 27.6 Å². The predicted octanol–water partition coefficient (Wildman–Crippen LogP) is 2.04. The fourth-order valence-electron chi connectivity index (χ4n) is 2.63. The number of carbonyl (C=O) groups is 1. The van der Waals surface area contributed by atoms with Gasteiger partial charge in [0.25, 0.3) is 0 Å². The van der Waals surface area contributed by atoms with E-state index >= 15 is 0 Å². The van der Waals surface area contributed by atoms with Crippen LogP contribution in [0.3, 0.4) is 0 Å². The molecule has 1 fully saturated rings. The van der Waals surface area contributed by atoms with Crippen molar-refractivity contribution in [1.82, 2.24) is 4.98 Å². The molecular weight excluding hydrogens is 296 g/mol. The van der Waals surface area contributed by atoms with Crippen LogP contribution >= 0.6 is 15.9 Å². The largest absolute Gasteiger partial charge is 0.390 e. The first-order valence-electron chi connectivity index (χ1n) is 7.40. The summed E-state index contributed by atoms with van der Waals surface area (Å²) in [6.07, 6.45) is 2.76. The minimum absolute atomic E-state index is 0.0603. The maximum atomic E-state index is 12.2. The zero-order chi connectivity index (χ0) is 15.4. The van der Waals surface area contributed by atoms with Gasteiger partial charge in [-0.05, 0) is 53.7 Å². The van der Waals surface area contributed by atoms with E-state index in [-0.39, 0.29) is 24.8 Å². The number of pyridine rings is 1. The van der Waals surface area contributed by atoms with Crippen molar-refractivity contribution in [2.75, 3.05) is 4.90 Å². The van der Waals surface area contributed by atoms with Crippen LogP contribution < -0.4 is 4.90 Å². The van der Waals surface area contributed by atoms with Gasteiger partial charge in [0.15, 0.2) is 0 Å². The molecule has 0 radical (unpaired) electrons. The third-order valence-corrected chi connectivity index (χ3v) is 3.96. The van der Waals surface area contributed by atoms with Gasteiger partial charge < -0.3 is 5.11 Å². The number of hydrogen-bond acceptors (Lipinski definition) is 3. The Hall–Kier alpha value is -0.940. The van der Waals surface area contributed by atoms with Crippen molar-refractivity contribution in [3.8, 4) is 0 Å². The normalized spacial score (nSPS) is 34.1. The summed E-state index contributed by atoms with van der Waals surface area (Å²) in [5.74, 6) is 0.530. The van der Waals surface area contributed by atoms with Gasteiger partial charge in [0, 0.05) is 27.2 Å². The van der Waals surface area contributed by atoms with Gasteiger partial charge in [-0.25, -0.2) is 4.98 Å². The van der Waals surface area contributed by atoms with E-state index < -0.39 is 12.5 Å². The highest BCUT2D eigenvalue weighted by Crippen LogP contribution is 2.40. The number of aliphatic hydroxyl groups is 1. The molecule has 2 aliphatic rings. The second kappa shape index (κ2) is 4.03. The first kappa shape index (κ1) is 9.04. The molecule has 0 spiro atoms. The van der Waals surface area contributed by atoms with E-state index in [9.17, 15) is 9.90 Å². The Balaban J connectivity index is 1.86. The van der Waals surface area contributed by atoms with Crippen LogP contribution in [0.1, 0.15) is 35.8 Å². The number of aryl methyl sites for hydroxylation is 1. The molecule has 0 atom stereocenters. The van der Waals surface area contributed by atoms with Crippen LogP contribution in [0.15, 0.2) is 16.7 Å². The zero-order valence-corrected chi connectivity index (χ0v) is 11.3. The molecule has 1 amide bonds. The van der Waals surface area contributed by atoms with Gasteiger partial charge in [-0.15, -0.1) is 0 Å². The van der Waals surface area contributed by atoms with E-state index in [2.05, 4.69) is 20.9 Å². The Kier molecular flexibility index (Phi) is 2.02. The van der Waals surface area contributed by atoms with E-state index in [1.165, 1.54) is 0 Å². The van der Waals surface area contributed by atoms with Crippen molar-refractivity contribution in [3.05, 3.63) is 22.3 Å².